The van der Waals surface area contributed by atoms with Gasteiger partial charge in [0.05, 0.1) is 5.69 Å². The Labute approximate surface area is 119 Å². The number of nitrogens with zero attached hydrogens (tertiary/aromatic N) is 4. The van der Waals surface area contributed by atoms with Gasteiger partial charge in [-0.15, -0.1) is 5.10 Å². The molecule has 6 nitrogen and oxygen atoms in total. The number of benzene rings is 1. The summed E-state index contributed by atoms with van der Waals surface area (Å²) >= 11 is 5.80. The molecule has 2 N–H and O–H groups in total. The van der Waals surface area contributed by atoms with Crippen molar-refractivity contribution in [2.75, 3.05) is 5.73 Å². The Hall–Kier alpha value is -2.60. The zero-order valence-electron chi connectivity index (χ0n) is 10.3. The summed E-state index contributed by atoms with van der Waals surface area (Å²) in [6.07, 6.45) is 1.55. The minimum absolute atomic E-state index is 0.169. The van der Waals surface area contributed by atoms with Crippen LogP contribution in [0.2, 0.25) is 5.15 Å². The lowest BCUT2D eigenvalue weighted by atomic mass is 10.3. The second-order valence-electron chi connectivity index (χ2n) is 3.97. The molecule has 20 heavy (non-hydrogen) atoms. The van der Waals surface area contributed by atoms with E-state index < -0.39 is 0 Å². The predicted molar refractivity (Wildman–Crippen MR) is 75.1 cm³/mol. The number of halogens is 1. The number of pyridine rings is 1. The fourth-order valence-corrected chi connectivity index (χ4v) is 1.85. The van der Waals surface area contributed by atoms with Gasteiger partial charge in [0.1, 0.15) is 11.5 Å². The number of anilines is 1. The third-order valence-corrected chi connectivity index (χ3v) is 2.67. The molecule has 0 bridgehead atoms. The first kappa shape index (κ1) is 12.4. The van der Waals surface area contributed by atoms with Gasteiger partial charge in [-0.3, -0.25) is 0 Å². The molecule has 0 fully saturated rings. The summed E-state index contributed by atoms with van der Waals surface area (Å²) in [5, 5.41) is 4.45. The number of ether oxygens (including phenoxy) is 1. The van der Waals surface area contributed by atoms with Crippen molar-refractivity contribution in [3.8, 4) is 17.6 Å². The standard InChI is InChI=1S/C13H10ClN5O/c14-11-6-9(15)7-12(17-11)20-13-16-8-19(18-13)10-4-2-1-3-5-10/h1-8H,(H2,15,17). The predicted octanol–water partition coefficient (Wildman–Crippen LogP) is 2.69. The van der Waals surface area contributed by atoms with E-state index in [0.29, 0.717) is 5.69 Å². The van der Waals surface area contributed by atoms with Crippen LogP contribution in [0.3, 0.4) is 0 Å². The van der Waals surface area contributed by atoms with Crippen LogP contribution in [0.15, 0.2) is 48.8 Å². The minimum Gasteiger partial charge on any atom is -0.404 e. The summed E-state index contributed by atoms with van der Waals surface area (Å²) in [7, 11) is 0. The molecule has 2 heterocycles. The van der Waals surface area contributed by atoms with E-state index in [-0.39, 0.29) is 17.0 Å². The smallest absolute Gasteiger partial charge is 0.342 e. The molecule has 0 saturated carbocycles. The van der Waals surface area contributed by atoms with Crippen LogP contribution < -0.4 is 10.5 Å². The van der Waals surface area contributed by atoms with Gasteiger partial charge in [0, 0.05) is 11.8 Å². The van der Waals surface area contributed by atoms with Crippen LogP contribution in [0.5, 0.6) is 11.9 Å². The van der Waals surface area contributed by atoms with E-state index in [1.807, 2.05) is 30.3 Å². The number of hydrogen-bond donors (Lipinski definition) is 1. The van der Waals surface area contributed by atoms with Crippen molar-refractivity contribution in [1.82, 2.24) is 19.7 Å². The van der Waals surface area contributed by atoms with Crippen molar-refractivity contribution < 1.29 is 4.74 Å². The van der Waals surface area contributed by atoms with Gasteiger partial charge in [0.25, 0.3) is 0 Å². The van der Waals surface area contributed by atoms with Gasteiger partial charge in [-0.1, -0.05) is 29.8 Å². The van der Waals surface area contributed by atoms with Gasteiger partial charge in [-0.25, -0.2) is 9.67 Å². The maximum atomic E-state index is 5.80. The highest BCUT2D eigenvalue weighted by Gasteiger charge is 2.07. The first-order chi connectivity index (χ1) is 9.70. The van der Waals surface area contributed by atoms with E-state index in [1.54, 1.807) is 17.1 Å². The number of para-hydroxylation sites is 1. The van der Waals surface area contributed by atoms with Crippen LogP contribution in [-0.2, 0) is 0 Å². The monoisotopic (exact) mass is 287 g/mol. The second-order valence-corrected chi connectivity index (χ2v) is 4.36. The average Bonchev–Trinajstić information content (AvgIpc) is 2.87. The van der Waals surface area contributed by atoms with Crippen LogP contribution in [0.1, 0.15) is 0 Å². The van der Waals surface area contributed by atoms with E-state index in [4.69, 9.17) is 22.1 Å². The third kappa shape index (κ3) is 2.70. The van der Waals surface area contributed by atoms with Crippen molar-refractivity contribution in [2.24, 2.45) is 0 Å². The summed E-state index contributed by atoms with van der Waals surface area (Å²) in [5.41, 5.74) is 7.00. The van der Waals surface area contributed by atoms with Crippen molar-refractivity contribution in [3.63, 3.8) is 0 Å². The van der Waals surface area contributed by atoms with Gasteiger partial charge in [-0.05, 0) is 18.2 Å². The number of rotatable bonds is 3. The molecule has 0 saturated heterocycles. The van der Waals surface area contributed by atoms with Gasteiger partial charge in [0.2, 0.25) is 5.88 Å². The Balaban J connectivity index is 1.84. The molecular formula is C13H10ClN5O. The molecular weight excluding hydrogens is 278 g/mol. The molecule has 1 aromatic carbocycles. The van der Waals surface area contributed by atoms with E-state index >= 15 is 0 Å². The highest BCUT2D eigenvalue weighted by molar-refractivity contribution is 6.29. The maximum absolute atomic E-state index is 5.80. The lowest BCUT2D eigenvalue weighted by Crippen LogP contribution is -1.96. The first-order valence-electron chi connectivity index (χ1n) is 5.79. The van der Waals surface area contributed by atoms with E-state index in [9.17, 15) is 0 Å². The third-order valence-electron chi connectivity index (χ3n) is 2.48. The van der Waals surface area contributed by atoms with Crippen LogP contribution in [0, 0.1) is 0 Å². The Morgan fingerprint density at radius 3 is 2.70 bits per heavy atom. The molecule has 0 aliphatic rings. The molecule has 100 valence electrons. The summed E-state index contributed by atoms with van der Waals surface area (Å²) in [6, 6.07) is 12.8. The molecule has 0 spiro atoms. The molecule has 3 aromatic rings. The molecule has 0 aliphatic carbocycles. The van der Waals surface area contributed by atoms with E-state index in [1.165, 1.54) is 6.07 Å². The van der Waals surface area contributed by atoms with Crippen LogP contribution in [0.25, 0.3) is 5.69 Å². The highest BCUT2D eigenvalue weighted by atomic mass is 35.5. The lowest BCUT2D eigenvalue weighted by Gasteiger charge is -2.02. The van der Waals surface area contributed by atoms with Crippen molar-refractivity contribution in [2.45, 2.75) is 0 Å². The molecule has 0 aliphatic heterocycles. The molecule has 0 unspecified atom stereocenters. The topological polar surface area (TPSA) is 78.9 Å². The lowest BCUT2D eigenvalue weighted by molar-refractivity contribution is 0.425. The molecule has 0 amide bonds. The fraction of sp³-hybridized carbons (Fsp3) is 0. The van der Waals surface area contributed by atoms with Crippen LogP contribution >= 0.6 is 11.6 Å². The van der Waals surface area contributed by atoms with Gasteiger partial charge in [0.15, 0.2) is 0 Å². The highest BCUT2D eigenvalue weighted by Crippen LogP contribution is 2.21. The number of nitrogen functional groups attached to an aromatic ring is 1. The molecule has 3 rings (SSSR count). The quantitative estimate of drug-likeness (QED) is 0.749. The maximum Gasteiger partial charge on any atom is 0.342 e. The van der Waals surface area contributed by atoms with Crippen LogP contribution in [0.4, 0.5) is 5.69 Å². The second kappa shape index (κ2) is 5.18. The molecule has 0 radical (unpaired) electrons. The Morgan fingerprint density at radius 2 is 1.95 bits per heavy atom. The number of nitrogens with two attached hydrogens (primary N) is 1. The zero-order chi connectivity index (χ0) is 13.9. The van der Waals surface area contributed by atoms with Crippen LogP contribution in [-0.4, -0.2) is 19.7 Å². The van der Waals surface area contributed by atoms with Gasteiger partial charge < -0.3 is 10.5 Å². The largest absolute Gasteiger partial charge is 0.404 e. The molecule has 7 heteroatoms. The molecule has 2 aromatic heterocycles. The van der Waals surface area contributed by atoms with E-state index in [2.05, 4.69) is 15.1 Å². The number of hydrogen-bond acceptors (Lipinski definition) is 5. The van der Waals surface area contributed by atoms with Crippen molar-refractivity contribution in [1.29, 1.82) is 0 Å². The summed E-state index contributed by atoms with van der Waals surface area (Å²) in [5.74, 6) is 0.251. The number of aromatic nitrogens is 4. The van der Waals surface area contributed by atoms with Crippen molar-refractivity contribution >= 4 is 17.3 Å². The molecule has 0 atom stereocenters. The van der Waals surface area contributed by atoms with E-state index in [0.717, 1.165) is 5.69 Å². The first-order valence-corrected chi connectivity index (χ1v) is 6.16. The summed E-state index contributed by atoms with van der Waals surface area (Å²) < 4.78 is 7.02. The zero-order valence-corrected chi connectivity index (χ0v) is 11.0. The average molecular weight is 288 g/mol. The SMILES string of the molecule is Nc1cc(Cl)nc(Oc2ncn(-c3ccccc3)n2)c1. The Bertz CT molecular complexity index is 708. The Morgan fingerprint density at radius 1 is 1.15 bits per heavy atom. The normalized spacial score (nSPS) is 10.4. The fourth-order valence-electron chi connectivity index (χ4n) is 1.64. The van der Waals surface area contributed by atoms with Crippen molar-refractivity contribution in [3.05, 3.63) is 53.9 Å². The summed E-state index contributed by atoms with van der Waals surface area (Å²) in [6.45, 7) is 0. The van der Waals surface area contributed by atoms with Gasteiger partial charge >= 0.3 is 6.01 Å². The minimum atomic E-state index is 0.169. The summed E-state index contributed by atoms with van der Waals surface area (Å²) in [4.78, 5) is 8.04. The Kier molecular flexibility index (Phi) is 3.22. The van der Waals surface area contributed by atoms with Gasteiger partial charge in [-0.2, -0.15) is 4.98 Å².